The van der Waals surface area contributed by atoms with Crippen LogP contribution in [0.25, 0.3) is 0 Å². The average molecular weight is 226 g/mol. The lowest BCUT2D eigenvalue weighted by Crippen LogP contribution is -2.41. The van der Waals surface area contributed by atoms with Crippen molar-refractivity contribution in [3.63, 3.8) is 0 Å². The molecule has 0 aromatic carbocycles. The van der Waals surface area contributed by atoms with E-state index in [0.717, 1.165) is 31.8 Å². The number of hydrazine groups is 1. The van der Waals surface area contributed by atoms with Gasteiger partial charge in [0.25, 0.3) is 0 Å². The van der Waals surface area contributed by atoms with Crippen molar-refractivity contribution in [1.82, 2.24) is 5.43 Å². The Morgan fingerprint density at radius 3 is 2.69 bits per heavy atom. The van der Waals surface area contributed by atoms with Crippen LogP contribution in [-0.2, 0) is 4.74 Å². The van der Waals surface area contributed by atoms with E-state index < -0.39 is 0 Å². The maximum atomic E-state index is 5.57. The van der Waals surface area contributed by atoms with Crippen LogP contribution in [0.3, 0.4) is 0 Å². The molecule has 1 rings (SSSR count). The Balaban J connectivity index is 2.17. The minimum absolute atomic E-state index is 0.389. The lowest BCUT2D eigenvalue weighted by atomic mass is 9.77. The van der Waals surface area contributed by atoms with Crippen LogP contribution in [0.15, 0.2) is 12.2 Å². The van der Waals surface area contributed by atoms with Gasteiger partial charge in [0.05, 0.1) is 6.10 Å². The Kier molecular flexibility index (Phi) is 6.03. The Morgan fingerprint density at radius 2 is 2.19 bits per heavy atom. The molecule has 0 radical (unpaired) electrons. The molecule has 1 aliphatic carbocycles. The summed E-state index contributed by atoms with van der Waals surface area (Å²) in [5.74, 6) is 6.35. The fourth-order valence-corrected chi connectivity index (χ4v) is 2.34. The van der Waals surface area contributed by atoms with E-state index in [0.29, 0.717) is 12.1 Å². The number of rotatable bonds is 8. The first-order valence-electron chi connectivity index (χ1n) is 6.43. The number of hydrogen-bond acceptors (Lipinski definition) is 3. The highest BCUT2D eigenvalue weighted by atomic mass is 16.5. The molecule has 16 heavy (non-hydrogen) atoms. The molecule has 3 nitrogen and oxygen atoms in total. The molecule has 1 fully saturated rings. The summed E-state index contributed by atoms with van der Waals surface area (Å²) in [6, 6.07) is 0.389. The fraction of sp³-hybridized carbons (Fsp3) is 0.846. The Hall–Kier alpha value is -0.380. The summed E-state index contributed by atoms with van der Waals surface area (Å²) in [5, 5.41) is 0. The second-order valence-electron chi connectivity index (χ2n) is 4.82. The summed E-state index contributed by atoms with van der Waals surface area (Å²) in [6.45, 7) is 9.07. The number of nitrogens with two attached hydrogens (primary N) is 1. The molecule has 0 heterocycles. The number of ether oxygens (including phenoxy) is 1. The topological polar surface area (TPSA) is 47.3 Å². The minimum Gasteiger partial charge on any atom is -0.378 e. The summed E-state index contributed by atoms with van der Waals surface area (Å²) in [5.41, 5.74) is 4.19. The molecule has 0 aliphatic heterocycles. The Labute approximate surface area is 99.4 Å². The van der Waals surface area contributed by atoms with E-state index in [1.807, 2.05) is 0 Å². The molecule has 1 saturated carbocycles. The first-order valence-corrected chi connectivity index (χ1v) is 6.43. The van der Waals surface area contributed by atoms with Gasteiger partial charge in [0, 0.05) is 12.6 Å². The molecule has 94 valence electrons. The molecule has 0 saturated heterocycles. The van der Waals surface area contributed by atoms with Crippen molar-refractivity contribution in [3.05, 3.63) is 12.2 Å². The number of hydrogen-bond donors (Lipinski definition) is 2. The van der Waals surface area contributed by atoms with Crippen molar-refractivity contribution in [2.45, 2.75) is 58.1 Å². The zero-order valence-electron chi connectivity index (χ0n) is 10.7. The van der Waals surface area contributed by atoms with E-state index in [4.69, 9.17) is 10.6 Å². The molecule has 3 heteroatoms. The van der Waals surface area contributed by atoms with Crippen LogP contribution < -0.4 is 11.3 Å². The van der Waals surface area contributed by atoms with Crippen LogP contribution in [-0.4, -0.2) is 18.8 Å². The molecule has 0 bridgehead atoms. The van der Waals surface area contributed by atoms with Gasteiger partial charge < -0.3 is 4.74 Å². The smallest absolute Gasteiger partial charge is 0.0580 e. The van der Waals surface area contributed by atoms with Gasteiger partial charge in [-0.3, -0.25) is 11.3 Å². The van der Waals surface area contributed by atoms with Crippen molar-refractivity contribution >= 4 is 0 Å². The van der Waals surface area contributed by atoms with Gasteiger partial charge in [0.2, 0.25) is 0 Å². The SMILES string of the molecule is C=C(CC)CC(CC1CC(OCC)C1)NN. The predicted octanol–water partition coefficient (Wildman–Crippen LogP) is 2.38. The first-order chi connectivity index (χ1) is 7.69. The highest BCUT2D eigenvalue weighted by Gasteiger charge is 2.31. The maximum Gasteiger partial charge on any atom is 0.0580 e. The minimum atomic E-state index is 0.389. The van der Waals surface area contributed by atoms with Crippen LogP contribution in [0.1, 0.15) is 46.0 Å². The van der Waals surface area contributed by atoms with Gasteiger partial charge in [-0.1, -0.05) is 19.1 Å². The van der Waals surface area contributed by atoms with E-state index in [1.165, 1.54) is 18.4 Å². The Morgan fingerprint density at radius 1 is 1.50 bits per heavy atom. The van der Waals surface area contributed by atoms with Crippen molar-refractivity contribution < 1.29 is 4.74 Å². The summed E-state index contributed by atoms with van der Waals surface area (Å²) in [4.78, 5) is 0. The van der Waals surface area contributed by atoms with Crippen molar-refractivity contribution in [3.8, 4) is 0 Å². The zero-order chi connectivity index (χ0) is 12.0. The van der Waals surface area contributed by atoms with Crippen LogP contribution in [0.2, 0.25) is 0 Å². The highest BCUT2D eigenvalue weighted by molar-refractivity contribution is 4.97. The Bertz CT molecular complexity index is 212. The fourth-order valence-electron chi connectivity index (χ4n) is 2.34. The van der Waals surface area contributed by atoms with Crippen LogP contribution >= 0.6 is 0 Å². The van der Waals surface area contributed by atoms with E-state index in [9.17, 15) is 0 Å². The summed E-state index contributed by atoms with van der Waals surface area (Å²) >= 11 is 0. The third kappa shape index (κ3) is 4.24. The largest absolute Gasteiger partial charge is 0.378 e. The molecule has 3 N–H and O–H groups in total. The van der Waals surface area contributed by atoms with Crippen molar-refractivity contribution in [2.75, 3.05) is 6.61 Å². The maximum absolute atomic E-state index is 5.57. The van der Waals surface area contributed by atoms with Crippen molar-refractivity contribution in [2.24, 2.45) is 11.8 Å². The zero-order valence-corrected chi connectivity index (χ0v) is 10.7. The van der Waals surface area contributed by atoms with Gasteiger partial charge in [-0.25, -0.2) is 0 Å². The quantitative estimate of drug-likeness (QED) is 0.379. The molecule has 1 atom stereocenters. The van der Waals surface area contributed by atoms with Crippen molar-refractivity contribution in [1.29, 1.82) is 0 Å². The van der Waals surface area contributed by atoms with Crippen LogP contribution in [0.5, 0.6) is 0 Å². The summed E-state index contributed by atoms with van der Waals surface area (Å²) < 4.78 is 5.56. The molecular weight excluding hydrogens is 200 g/mol. The molecule has 0 spiro atoms. The molecule has 0 aromatic heterocycles. The standard InChI is InChI=1S/C13H26N2O/c1-4-10(3)6-12(15-14)7-11-8-13(9-11)16-5-2/h11-13,15H,3-9,14H2,1-2H3. The molecule has 0 aromatic rings. The van der Waals surface area contributed by atoms with Gasteiger partial charge in [0.15, 0.2) is 0 Å². The van der Waals surface area contributed by atoms with Gasteiger partial charge >= 0.3 is 0 Å². The van der Waals surface area contributed by atoms with Gasteiger partial charge in [-0.2, -0.15) is 0 Å². The summed E-state index contributed by atoms with van der Waals surface area (Å²) in [7, 11) is 0. The van der Waals surface area contributed by atoms with Crippen LogP contribution in [0, 0.1) is 5.92 Å². The lowest BCUT2D eigenvalue weighted by molar-refractivity contribution is -0.0290. The highest BCUT2D eigenvalue weighted by Crippen LogP contribution is 2.34. The van der Waals surface area contributed by atoms with Gasteiger partial charge in [0.1, 0.15) is 0 Å². The summed E-state index contributed by atoms with van der Waals surface area (Å²) in [6.07, 6.45) is 6.10. The second kappa shape index (κ2) is 7.05. The van der Waals surface area contributed by atoms with Crippen LogP contribution in [0.4, 0.5) is 0 Å². The second-order valence-corrected chi connectivity index (χ2v) is 4.82. The molecule has 1 unspecified atom stereocenters. The predicted molar refractivity (Wildman–Crippen MR) is 67.9 cm³/mol. The van der Waals surface area contributed by atoms with E-state index in [1.54, 1.807) is 0 Å². The van der Waals surface area contributed by atoms with E-state index >= 15 is 0 Å². The molecular formula is C13H26N2O. The number of nitrogens with one attached hydrogen (secondary N) is 1. The monoisotopic (exact) mass is 226 g/mol. The normalized spacial score (nSPS) is 26.2. The first kappa shape index (κ1) is 13.7. The van der Waals surface area contributed by atoms with Gasteiger partial charge in [-0.05, 0) is 44.9 Å². The van der Waals surface area contributed by atoms with E-state index in [-0.39, 0.29) is 0 Å². The van der Waals surface area contributed by atoms with Gasteiger partial charge in [-0.15, -0.1) is 0 Å². The third-order valence-corrected chi connectivity index (χ3v) is 3.48. The molecule has 0 amide bonds. The van der Waals surface area contributed by atoms with E-state index in [2.05, 4.69) is 25.9 Å². The average Bonchev–Trinajstić information content (AvgIpc) is 2.24. The lowest BCUT2D eigenvalue weighted by Gasteiger charge is -2.37. The molecule has 1 aliphatic rings. The third-order valence-electron chi connectivity index (χ3n) is 3.48.